The second-order valence-corrected chi connectivity index (χ2v) is 9.03. The number of imidazole rings is 1. The monoisotopic (exact) mass is 456 g/mol. The van der Waals surface area contributed by atoms with Gasteiger partial charge in [0.1, 0.15) is 22.5 Å². The largest absolute Gasteiger partial charge is 0.497 e. The quantitative estimate of drug-likeness (QED) is 0.465. The summed E-state index contributed by atoms with van der Waals surface area (Å²) in [6, 6.07) is 9.77. The Morgan fingerprint density at radius 1 is 1.16 bits per heavy atom. The molecule has 2 aromatic heterocycles. The molecule has 7 nitrogen and oxygen atoms in total. The van der Waals surface area contributed by atoms with Crippen LogP contribution in [0.4, 0.5) is 0 Å². The molecule has 0 N–H and O–H groups in total. The summed E-state index contributed by atoms with van der Waals surface area (Å²) in [4.78, 5) is 23.6. The Labute approximate surface area is 193 Å². The zero-order chi connectivity index (χ0) is 23.0. The van der Waals surface area contributed by atoms with E-state index in [-0.39, 0.29) is 30.0 Å². The Morgan fingerprint density at radius 3 is 2.53 bits per heavy atom. The van der Waals surface area contributed by atoms with E-state index in [1.807, 2.05) is 40.7 Å². The number of halogens is 1. The topological polar surface area (TPSA) is 69.5 Å². The molecule has 3 heterocycles. The molecule has 4 rings (SSSR count). The van der Waals surface area contributed by atoms with Crippen molar-refractivity contribution in [3.05, 3.63) is 47.4 Å². The molecule has 0 aliphatic carbocycles. The highest BCUT2D eigenvalue weighted by atomic mass is 35.5. The average molecular weight is 457 g/mol. The first-order chi connectivity index (χ1) is 15.3. The van der Waals surface area contributed by atoms with Crippen LogP contribution in [0.1, 0.15) is 51.8 Å². The minimum Gasteiger partial charge on any atom is -0.497 e. The predicted molar refractivity (Wildman–Crippen MR) is 124 cm³/mol. The highest BCUT2D eigenvalue weighted by Gasteiger charge is 2.37. The first kappa shape index (κ1) is 22.4. The van der Waals surface area contributed by atoms with Crippen LogP contribution in [-0.2, 0) is 4.79 Å². The van der Waals surface area contributed by atoms with Gasteiger partial charge in [0.15, 0.2) is 0 Å². The standard InChI is InChI=1S/C24H29ClN4O3/c1-14(2)29-13-26-20-11-21(25)27-24(23(20)29)32-16(4)18-10-22(30)28(12-18)15(3)17-6-8-19(31-5)9-7-17/h6-9,11,13-16,18H,10,12H2,1-5H3/t15-,16-,18-/m1/s1. The maximum absolute atomic E-state index is 12.8. The van der Waals surface area contributed by atoms with Crippen molar-refractivity contribution >= 4 is 28.5 Å². The maximum atomic E-state index is 12.8. The lowest BCUT2D eigenvalue weighted by Crippen LogP contribution is -2.31. The van der Waals surface area contributed by atoms with E-state index in [1.54, 1.807) is 19.5 Å². The van der Waals surface area contributed by atoms with E-state index in [0.29, 0.717) is 24.0 Å². The summed E-state index contributed by atoms with van der Waals surface area (Å²) in [5.41, 5.74) is 2.65. The summed E-state index contributed by atoms with van der Waals surface area (Å²) in [5.74, 6) is 1.44. The third-order valence-corrected chi connectivity index (χ3v) is 6.45. The lowest BCUT2D eigenvalue weighted by Gasteiger charge is -2.26. The summed E-state index contributed by atoms with van der Waals surface area (Å²) in [5, 5.41) is 0.339. The Morgan fingerprint density at radius 2 is 1.88 bits per heavy atom. The Balaban J connectivity index is 1.52. The third kappa shape index (κ3) is 4.26. The molecule has 1 aliphatic rings. The van der Waals surface area contributed by atoms with E-state index in [2.05, 4.69) is 30.7 Å². The number of fused-ring (bicyclic) bond motifs is 1. The molecule has 32 heavy (non-hydrogen) atoms. The molecule has 0 saturated carbocycles. The second kappa shape index (κ2) is 8.98. The molecular formula is C24H29ClN4O3. The van der Waals surface area contributed by atoms with Crippen LogP contribution in [0.5, 0.6) is 11.6 Å². The molecule has 170 valence electrons. The molecule has 1 amide bonds. The third-order valence-electron chi connectivity index (χ3n) is 6.26. The molecular weight excluding hydrogens is 428 g/mol. The Kier molecular flexibility index (Phi) is 6.29. The molecule has 0 unspecified atom stereocenters. The van der Waals surface area contributed by atoms with Gasteiger partial charge in [-0.1, -0.05) is 23.7 Å². The van der Waals surface area contributed by atoms with Crippen molar-refractivity contribution in [3.8, 4) is 11.6 Å². The van der Waals surface area contributed by atoms with Crippen molar-refractivity contribution in [1.29, 1.82) is 0 Å². The van der Waals surface area contributed by atoms with Gasteiger partial charge >= 0.3 is 0 Å². The lowest BCUT2D eigenvalue weighted by atomic mass is 10.0. The summed E-state index contributed by atoms with van der Waals surface area (Å²) in [6.07, 6.45) is 2.01. The Hall–Kier alpha value is -2.80. The van der Waals surface area contributed by atoms with Crippen LogP contribution in [0, 0.1) is 5.92 Å². The van der Waals surface area contributed by atoms with Gasteiger partial charge in [0.2, 0.25) is 11.8 Å². The number of methoxy groups -OCH3 is 1. The van der Waals surface area contributed by atoms with E-state index < -0.39 is 0 Å². The highest BCUT2D eigenvalue weighted by Crippen LogP contribution is 2.34. The zero-order valence-electron chi connectivity index (χ0n) is 19.1. The van der Waals surface area contributed by atoms with Crippen molar-refractivity contribution in [2.45, 2.75) is 52.3 Å². The number of benzene rings is 1. The molecule has 3 aromatic rings. The number of ether oxygens (including phenoxy) is 2. The normalized spacial score (nSPS) is 18.4. The van der Waals surface area contributed by atoms with Gasteiger partial charge in [-0.3, -0.25) is 4.79 Å². The van der Waals surface area contributed by atoms with E-state index in [4.69, 9.17) is 21.1 Å². The number of pyridine rings is 1. The van der Waals surface area contributed by atoms with Crippen LogP contribution in [0.3, 0.4) is 0 Å². The van der Waals surface area contributed by atoms with Gasteiger partial charge in [-0.05, 0) is 45.4 Å². The number of likely N-dealkylation sites (tertiary alicyclic amines) is 1. The highest BCUT2D eigenvalue weighted by molar-refractivity contribution is 6.30. The number of hydrogen-bond acceptors (Lipinski definition) is 5. The number of amides is 1. The van der Waals surface area contributed by atoms with Crippen molar-refractivity contribution in [3.63, 3.8) is 0 Å². The second-order valence-electron chi connectivity index (χ2n) is 8.65. The minimum absolute atomic E-state index is 0.0241. The first-order valence-corrected chi connectivity index (χ1v) is 11.3. The number of hydrogen-bond donors (Lipinski definition) is 0. The minimum atomic E-state index is -0.211. The lowest BCUT2D eigenvalue weighted by molar-refractivity contribution is -0.129. The first-order valence-electron chi connectivity index (χ1n) is 10.9. The molecule has 0 radical (unpaired) electrons. The van der Waals surface area contributed by atoms with Gasteiger partial charge in [-0.2, -0.15) is 4.98 Å². The number of aromatic nitrogens is 3. The van der Waals surface area contributed by atoms with Crippen LogP contribution in [0.2, 0.25) is 5.15 Å². The predicted octanol–water partition coefficient (Wildman–Crippen LogP) is 5.05. The smallest absolute Gasteiger partial charge is 0.241 e. The van der Waals surface area contributed by atoms with Gasteiger partial charge < -0.3 is 18.9 Å². The average Bonchev–Trinajstić information content (AvgIpc) is 3.37. The fourth-order valence-corrected chi connectivity index (χ4v) is 4.43. The summed E-state index contributed by atoms with van der Waals surface area (Å²) < 4.78 is 13.6. The number of carbonyl (C=O) groups excluding carboxylic acids is 1. The zero-order valence-corrected chi connectivity index (χ0v) is 19.8. The van der Waals surface area contributed by atoms with Gasteiger partial charge in [0, 0.05) is 31.0 Å². The fourth-order valence-electron chi connectivity index (χ4n) is 4.25. The van der Waals surface area contributed by atoms with Crippen LogP contribution >= 0.6 is 11.6 Å². The van der Waals surface area contributed by atoms with E-state index in [9.17, 15) is 4.79 Å². The van der Waals surface area contributed by atoms with Crippen LogP contribution in [0.25, 0.3) is 11.0 Å². The van der Waals surface area contributed by atoms with Crippen LogP contribution in [-0.4, -0.2) is 45.1 Å². The molecule has 1 aromatic carbocycles. The maximum Gasteiger partial charge on any atom is 0.241 e. The Bertz CT molecular complexity index is 1110. The van der Waals surface area contributed by atoms with Gasteiger partial charge in [0.25, 0.3) is 0 Å². The molecule has 0 bridgehead atoms. The van der Waals surface area contributed by atoms with Crippen molar-refractivity contribution in [2.75, 3.05) is 13.7 Å². The molecule has 3 atom stereocenters. The molecule has 1 fully saturated rings. The van der Waals surface area contributed by atoms with Gasteiger partial charge in [-0.25, -0.2) is 4.98 Å². The van der Waals surface area contributed by atoms with E-state index in [1.165, 1.54) is 0 Å². The van der Waals surface area contributed by atoms with Crippen molar-refractivity contribution < 1.29 is 14.3 Å². The molecule has 1 saturated heterocycles. The number of carbonyl (C=O) groups is 1. The SMILES string of the molecule is COc1ccc([C@@H](C)N2C[C@H]([C@@H](C)Oc3nc(Cl)cc4ncn(C(C)C)c34)CC2=O)cc1. The van der Waals surface area contributed by atoms with Gasteiger partial charge in [0.05, 0.1) is 25.0 Å². The number of rotatable bonds is 7. The molecule has 1 aliphatic heterocycles. The van der Waals surface area contributed by atoms with Gasteiger partial charge in [-0.15, -0.1) is 0 Å². The molecule has 0 spiro atoms. The molecule has 8 heteroatoms. The summed E-state index contributed by atoms with van der Waals surface area (Å²) in [6.45, 7) is 8.83. The van der Waals surface area contributed by atoms with Crippen LogP contribution in [0.15, 0.2) is 36.7 Å². The summed E-state index contributed by atoms with van der Waals surface area (Å²) >= 11 is 6.22. The van der Waals surface area contributed by atoms with Crippen molar-refractivity contribution in [2.24, 2.45) is 5.92 Å². The number of nitrogens with zero attached hydrogens (tertiary/aromatic N) is 4. The fraction of sp³-hybridized carbons (Fsp3) is 0.458. The van der Waals surface area contributed by atoms with Crippen molar-refractivity contribution in [1.82, 2.24) is 19.4 Å². The van der Waals surface area contributed by atoms with Crippen LogP contribution < -0.4 is 9.47 Å². The van der Waals surface area contributed by atoms with E-state index in [0.717, 1.165) is 22.3 Å². The summed E-state index contributed by atoms with van der Waals surface area (Å²) in [7, 11) is 1.64. The van der Waals surface area contributed by atoms with E-state index >= 15 is 0 Å².